The number of benzene rings is 2. The molecule has 0 N–H and O–H groups in total. The van der Waals surface area contributed by atoms with Crippen LogP contribution in [0.2, 0.25) is 0 Å². The lowest BCUT2D eigenvalue weighted by Crippen LogP contribution is -2.12. The summed E-state index contributed by atoms with van der Waals surface area (Å²) in [5.41, 5.74) is 4.55. The van der Waals surface area contributed by atoms with Gasteiger partial charge in [-0.1, -0.05) is 59.9 Å². The third-order valence-electron chi connectivity index (χ3n) is 5.05. The van der Waals surface area contributed by atoms with Gasteiger partial charge in [0.05, 0.1) is 11.7 Å². The van der Waals surface area contributed by atoms with Crippen molar-refractivity contribution in [2.24, 2.45) is 0 Å². The molecule has 4 aromatic rings. The first-order chi connectivity index (χ1) is 14.2. The molecule has 0 saturated carbocycles. The van der Waals surface area contributed by atoms with Gasteiger partial charge in [-0.05, 0) is 47.5 Å². The number of aryl methyl sites for hydroxylation is 2. The number of rotatable bonds is 5. The topological polar surface area (TPSA) is 74.3 Å². The monoisotopic (exact) mass is 421 g/mol. The quantitative estimate of drug-likeness (QED) is 0.451. The van der Waals surface area contributed by atoms with Gasteiger partial charge in [-0.3, -0.25) is 4.57 Å². The average molecular weight is 422 g/mol. The van der Waals surface area contributed by atoms with E-state index in [1.54, 1.807) is 23.5 Å². The molecule has 9 heteroatoms. The zero-order valence-electron chi connectivity index (χ0n) is 16.1. The van der Waals surface area contributed by atoms with Crippen molar-refractivity contribution in [1.29, 1.82) is 0 Å². The molecule has 0 amide bonds. The molecule has 5 rings (SSSR count). The van der Waals surface area contributed by atoms with Crippen molar-refractivity contribution in [2.45, 2.75) is 30.2 Å². The van der Waals surface area contributed by atoms with Gasteiger partial charge < -0.3 is 0 Å². The highest BCUT2D eigenvalue weighted by molar-refractivity contribution is 8.00. The Bertz CT molecular complexity index is 1150. The van der Waals surface area contributed by atoms with Crippen LogP contribution >= 0.6 is 23.5 Å². The second kappa shape index (κ2) is 7.64. The molecule has 0 aliphatic carbocycles. The van der Waals surface area contributed by atoms with Crippen LogP contribution < -0.4 is 0 Å². The van der Waals surface area contributed by atoms with E-state index in [2.05, 4.69) is 74.5 Å². The van der Waals surface area contributed by atoms with Crippen molar-refractivity contribution in [1.82, 2.24) is 35.0 Å². The molecule has 0 unspecified atom stereocenters. The summed E-state index contributed by atoms with van der Waals surface area (Å²) in [6, 6.07) is 16.8. The molecule has 1 atom stereocenters. The van der Waals surface area contributed by atoms with E-state index in [9.17, 15) is 0 Å². The van der Waals surface area contributed by atoms with Crippen molar-refractivity contribution in [2.75, 3.05) is 11.5 Å². The first kappa shape index (κ1) is 18.4. The summed E-state index contributed by atoms with van der Waals surface area (Å²) < 4.78 is 4.06. The van der Waals surface area contributed by atoms with Gasteiger partial charge in [-0.15, -0.1) is 15.3 Å². The summed E-state index contributed by atoms with van der Waals surface area (Å²) in [6.45, 7) is 4.21. The van der Waals surface area contributed by atoms with Crippen LogP contribution in [0.3, 0.4) is 0 Å². The molecular weight excluding hydrogens is 402 g/mol. The molecule has 1 aliphatic rings. The molecule has 0 fully saturated rings. The molecule has 0 bridgehead atoms. The predicted molar refractivity (Wildman–Crippen MR) is 115 cm³/mol. The zero-order chi connectivity index (χ0) is 19.8. The van der Waals surface area contributed by atoms with Gasteiger partial charge in [0.25, 0.3) is 0 Å². The van der Waals surface area contributed by atoms with Crippen LogP contribution in [0.5, 0.6) is 0 Å². The Morgan fingerprint density at radius 3 is 2.72 bits per heavy atom. The number of nitrogens with zero attached hydrogens (tertiary/aromatic N) is 7. The highest BCUT2D eigenvalue weighted by Gasteiger charge is 2.29. The van der Waals surface area contributed by atoms with Crippen molar-refractivity contribution in [3.05, 3.63) is 59.7 Å². The summed E-state index contributed by atoms with van der Waals surface area (Å²) in [6.07, 6.45) is 0. The Labute approximate surface area is 176 Å². The lowest BCUT2D eigenvalue weighted by atomic mass is 10.1. The third kappa shape index (κ3) is 3.44. The molecule has 0 spiro atoms. The van der Waals surface area contributed by atoms with E-state index in [4.69, 9.17) is 0 Å². The summed E-state index contributed by atoms with van der Waals surface area (Å²) >= 11 is 3.41. The Hall–Kier alpha value is -2.65. The maximum Gasteiger partial charge on any atom is 0.214 e. The van der Waals surface area contributed by atoms with Crippen molar-refractivity contribution in [3.8, 4) is 17.1 Å². The number of hydrogen-bond donors (Lipinski definition) is 0. The smallest absolute Gasteiger partial charge is 0.214 e. The average Bonchev–Trinajstić information content (AvgIpc) is 3.46. The molecule has 146 valence electrons. The standard InChI is InChI=1S/C20H19N7S2/c1-13-8-9-16(10-14(13)2)27-20(23-24-25-27)29-12-17-11-28-19-22-21-18(26(17)19)15-6-4-3-5-7-15/h3-10,17H,11-12H2,1-2H3/t17-/m0/s1. The fraction of sp³-hybridized carbons (Fsp3) is 0.250. The van der Waals surface area contributed by atoms with Gasteiger partial charge in [0.15, 0.2) is 11.0 Å². The normalized spacial score (nSPS) is 15.6. The molecule has 29 heavy (non-hydrogen) atoms. The van der Waals surface area contributed by atoms with Gasteiger partial charge in [0.2, 0.25) is 5.16 Å². The second-order valence-electron chi connectivity index (χ2n) is 6.96. The van der Waals surface area contributed by atoms with Crippen LogP contribution in [0, 0.1) is 13.8 Å². The van der Waals surface area contributed by atoms with E-state index in [0.29, 0.717) is 0 Å². The van der Waals surface area contributed by atoms with E-state index < -0.39 is 0 Å². The number of thioether (sulfide) groups is 2. The van der Waals surface area contributed by atoms with Crippen LogP contribution in [0.25, 0.3) is 17.1 Å². The Kier molecular flexibility index (Phi) is 4.84. The summed E-state index contributed by atoms with van der Waals surface area (Å²) in [7, 11) is 0. The Morgan fingerprint density at radius 2 is 1.90 bits per heavy atom. The van der Waals surface area contributed by atoms with Crippen LogP contribution in [-0.2, 0) is 0 Å². The number of hydrogen-bond acceptors (Lipinski definition) is 7. The maximum absolute atomic E-state index is 4.42. The Balaban J connectivity index is 1.38. The molecule has 1 aliphatic heterocycles. The molecule has 0 saturated heterocycles. The maximum atomic E-state index is 4.42. The lowest BCUT2D eigenvalue weighted by molar-refractivity contribution is 0.596. The molecule has 2 aromatic carbocycles. The fourth-order valence-electron chi connectivity index (χ4n) is 3.32. The van der Waals surface area contributed by atoms with Crippen LogP contribution in [0.15, 0.2) is 58.8 Å². The second-order valence-corrected chi connectivity index (χ2v) is 8.93. The molecule has 7 nitrogen and oxygen atoms in total. The summed E-state index contributed by atoms with van der Waals surface area (Å²) in [4.78, 5) is 0. The third-order valence-corrected chi connectivity index (χ3v) is 7.20. The zero-order valence-corrected chi connectivity index (χ0v) is 17.7. The van der Waals surface area contributed by atoms with E-state index in [1.807, 2.05) is 22.9 Å². The SMILES string of the molecule is Cc1ccc(-n2nnnc2SC[C@@H]2CSc3nnc(-c4ccccc4)n32)cc1C. The molecule has 0 radical (unpaired) electrons. The fourth-order valence-corrected chi connectivity index (χ4v) is 5.51. The highest BCUT2D eigenvalue weighted by Crippen LogP contribution is 2.38. The number of tetrazole rings is 1. The predicted octanol–water partition coefficient (Wildman–Crippen LogP) is 3.98. The van der Waals surface area contributed by atoms with Gasteiger partial charge in [-0.2, -0.15) is 4.68 Å². The van der Waals surface area contributed by atoms with Crippen molar-refractivity contribution in [3.63, 3.8) is 0 Å². The van der Waals surface area contributed by atoms with E-state index in [-0.39, 0.29) is 6.04 Å². The van der Waals surface area contributed by atoms with Gasteiger partial charge in [-0.25, -0.2) is 0 Å². The lowest BCUT2D eigenvalue weighted by Gasteiger charge is -2.14. The van der Waals surface area contributed by atoms with E-state index in [1.165, 1.54) is 11.1 Å². The van der Waals surface area contributed by atoms with E-state index in [0.717, 1.165) is 38.9 Å². The van der Waals surface area contributed by atoms with E-state index >= 15 is 0 Å². The summed E-state index contributed by atoms with van der Waals surface area (Å²) in [5.74, 6) is 2.75. The van der Waals surface area contributed by atoms with Gasteiger partial charge in [0.1, 0.15) is 0 Å². The summed E-state index contributed by atoms with van der Waals surface area (Å²) in [5, 5.41) is 22.9. The van der Waals surface area contributed by atoms with Crippen LogP contribution in [0.1, 0.15) is 17.2 Å². The first-order valence-electron chi connectivity index (χ1n) is 9.32. The number of aromatic nitrogens is 7. The molecule has 2 aromatic heterocycles. The Morgan fingerprint density at radius 1 is 1.03 bits per heavy atom. The first-order valence-corrected chi connectivity index (χ1v) is 11.3. The van der Waals surface area contributed by atoms with Crippen molar-refractivity contribution >= 4 is 23.5 Å². The minimum Gasteiger partial charge on any atom is -0.297 e. The van der Waals surface area contributed by atoms with Crippen LogP contribution in [0.4, 0.5) is 0 Å². The largest absolute Gasteiger partial charge is 0.297 e. The number of fused-ring (bicyclic) bond motifs is 1. The minimum atomic E-state index is 0.287. The molecule has 3 heterocycles. The van der Waals surface area contributed by atoms with Gasteiger partial charge in [0, 0.05) is 17.1 Å². The minimum absolute atomic E-state index is 0.287. The molecular formula is C20H19N7S2. The van der Waals surface area contributed by atoms with Crippen molar-refractivity contribution < 1.29 is 0 Å². The van der Waals surface area contributed by atoms with Crippen LogP contribution in [-0.4, -0.2) is 46.5 Å². The van der Waals surface area contributed by atoms with Gasteiger partial charge >= 0.3 is 0 Å². The highest BCUT2D eigenvalue weighted by atomic mass is 32.2.